The third-order valence-electron chi connectivity index (χ3n) is 5.23. The van der Waals surface area contributed by atoms with Gasteiger partial charge in [-0.3, -0.25) is 0 Å². The Labute approximate surface area is 147 Å². The van der Waals surface area contributed by atoms with Crippen LogP contribution in [0.25, 0.3) is 0 Å². The monoisotopic (exact) mass is 337 g/mol. The predicted molar refractivity (Wildman–Crippen MR) is 98.2 cm³/mol. The van der Waals surface area contributed by atoms with Crippen LogP contribution in [0.3, 0.4) is 0 Å². The molecule has 0 radical (unpaired) electrons. The van der Waals surface area contributed by atoms with E-state index >= 15 is 0 Å². The van der Waals surface area contributed by atoms with Gasteiger partial charge in [-0.25, -0.2) is 4.99 Å². The smallest absolute Gasteiger partial charge is 0.189 e. The molecule has 25 heavy (non-hydrogen) atoms. The molecule has 4 rings (SSSR count). The van der Waals surface area contributed by atoms with Crippen LogP contribution in [0.1, 0.15) is 22.6 Å². The number of guanidine groups is 1. The van der Waals surface area contributed by atoms with Gasteiger partial charge < -0.3 is 20.5 Å². The number of hydrogen-bond donors (Lipinski definition) is 2. The molecule has 2 aromatic carbocycles. The lowest BCUT2D eigenvalue weighted by atomic mass is 10.1. The molecular formula is C20H23N3O2. The number of fused-ring (bicyclic) bond motifs is 3. The Morgan fingerprint density at radius 3 is 2.76 bits per heavy atom. The van der Waals surface area contributed by atoms with E-state index in [1.807, 2.05) is 18.2 Å². The van der Waals surface area contributed by atoms with Crippen molar-refractivity contribution in [3.63, 3.8) is 0 Å². The van der Waals surface area contributed by atoms with Crippen LogP contribution < -0.4 is 20.5 Å². The maximum Gasteiger partial charge on any atom is 0.189 e. The van der Waals surface area contributed by atoms with E-state index in [4.69, 9.17) is 15.2 Å². The molecule has 1 saturated carbocycles. The summed E-state index contributed by atoms with van der Waals surface area (Å²) < 4.78 is 10.6. The molecule has 0 bridgehead atoms. The molecule has 5 heteroatoms. The molecule has 0 heterocycles. The van der Waals surface area contributed by atoms with Gasteiger partial charge >= 0.3 is 0 Å². The van der Waals surface area contributed by atoms with Crippen molar-refractivity contribution in [2.45, 2.75) is 24.9 Å². The van der Waals surface area contributed by atoms with Crippen LogP contribution in [0.15, 0.2) is 47.5 Å². The van der Waals surface area contributed by atoms with Crippen molar-refractivity contribution >= 4 is 5.96 Å². The van der Waals surface area contributed by atoms with Crippen LogP contribution in [0.4, 0.5) is 0 Å². The van der Waals surface area contributed by atoms with Gasteiger partial charge in [-0.15, -0.1) is 0 Å². The van der Waals surface area contributed by atoms with Gasteiger partial charge in [0.1, 0.15) is 0 Å². The summed E-state index contributed by atoms with van der Waals surface area (Å²) in [5.41, 5.74) is 10.1. The summed E-state index contributed by atoms with van der Waals surface area (Å²) >= 11 is 0. The first-order valence-corrected chi connectivity index (χ1v) is 8.56. The molecule has 5 nitrogen and oxygen atoms in total. The Morgan fingerprint density at radius 2 is 1.96 bits per heavy atom. The highest BCUT2D eigenvalue weighted by molar-refractivity contribution is 5.79. The fraction of sp³-hybridized carbons (Fsp3) is 0.350. The average molecular weight is 337 g/mol. The lowest BCUT2D eigenvalue weighted by molar-refractivity contribution is 0.354. The fourth-order valence-electron chi connectivity index (χ4n) is 3.92. The first kappa shape index (κ1) is 15.8. The Bertz CT molecular complexity index is 818. The molecule has 0 spiro atoms. The summed E-state index contributed by atoms with van der Waals surface area (Å²) in [6, 6.07) is 14.9. The van der Waals surface area contributed by atoms with Gasteiger partial charge in [-0.2, -0.15) is 0 Å². The summed E-state index contributed by atoms with van der Waals surface area (Å²) in [7, 11) is 3.26. The zero-order valence-electron chi connectivity index (χ0n) is 14.5. The molecule has 0 amide bonds. The van der Waals surface area contributed by atoms with E-state index in [0.717, 1.165) is 12.0 Å². The zero-order chi connectivity index (χ0) is 17.4. The molecule has 130 valence electrons. The lowest BCUT2D eigenvalue weighted by Crippen LogP contribution is -2.35. The van der Waals surface area contributed by atoms with Crippen molar-refractivity contribution in [1.82, 2.24) is 5.32 Å². The molecule has 0 aromatic heterocycles. The maximum absolute atomic E-state index is 6.10. The van der Waals surface area contributed by atoms with Gasteiger partial charge in [-0.1, -0.05) is 30.3 Å². The van der Waals surface area contributed by atoms with Crippen molar-refractivity contribution < 1.29 is 9.47 Å². The van der Waals surface area contributed by atoms with Gasteiger partial charge in [0.05, 0.1) is 20.8 Å². The Hall–Kier alpha value is -2.69. The predicted octanol–water partition coefficient (Wildman–Crippen LogP) is 2.45. The quantitative estimate of drug-likeness (QED) is 0.649. The van der Waals surface area contributed by atoms with Crippen molar-refractivity contribution in [2.75, 3.05) is 14.2 Å². The number of hydrogen-bond acceptors (Lipinski definition) is 3. The minimum absolute atomic E-state index is 0.420. The highest BCUT2D eigenvalue weighted by atomic mass is 16.5. The lowest BCUT2D eigenvalue weighted by Gasteiger charge is -2.11. The first-order valence-electron chi connectivity index (χ1n) is 8.56. The van der Waals surface area contributed by atoms with Crippen LogP contribution in [0.5, 0.6) is 11.5 Å². The number of aliphatic imine (C=N–C) groups is 1. The van der Waals surface area contributed by atoms with E-state index in [1.165, 1.54) is 11.1 Å². The molecular weight excluding hydrogens is 314 g/mol. The zero-order valence-corrected chi connectivity index (χ0v) is 14.5. The molecule has 1 fully saturated rings. The van der Waals surface area contributed by atoms with E-state index < -0.39 is 0 Å². The Morgan fingerprint density at radius 1 is 1.16 bits per heavy atom. The second-order valence-electron chi connectivity index (χ2n) is 6.65. The third-order valence-corrected chi connectivity index (χ3v) is 5.23. The summed E-state index contributed by atoms with van der Waals surface area (Å²) in [4.78, 5) is 4.48. The van der Waals surface area contributed by atoms with Crippen LogP contribution >= 0.6 is 0 Å². The maximum atomic E-state index is 6.10. The van der Waals surface area contributed by atoms with E-state index in [9.17, 15) is 0 Å². The summed E-state index contributed by atoms with van der Waals surface area (Å²) in [6.45, 7) is 0.512. The SMILES string of the molecule is COc1ccc(CN=C(N)NC2C3Cc4ccccc4C32)cc1OC. The first-order chi connectivity index (χ1) is 12.2. The number of benzene rings is 2. The van der Waals surface area contributed by atoms with Gasteiger partial charge in [0, 0.05) is 12.0 Å². The summed E-state index contributed by atoms with van der Waals surface area (Å²) in [5.74, 6) is 3.17. The fourth-order valence-corrected chi connectivity index (χ4v) is 3.92. The second kappa shape index (κ2) is 6.31. The van der Waals surface area contributed by atoms with Gasteiger partial charge in [-0.05, 0) is 41.2 Å². The normalized spacial score (nSPS) is 23.6. The van der Waals surface area contributed by atoms with E-state index in [1.54, 1.807) is 14.2 Å². The second-order valence-corrected chi connectivity index (χ2v) is 6.65. The number of nitrogens with two attached hydrogens (primary N) is 1. The van der Waals surface area contributed by atoms with Crippen molar-refractivity contribution in [1.29, 1.82) is 0 Å². The Kier molecular flexibility index (Phi) is 3.99. The van der Waals surface area contributed by atoms with Gasteiger partial charge in [0.2, 0.25) is 0 Å². The van der Waals surface area contributed by atoms with Crippen LogP contribution in [-0.2, 0) is 13.0 Å². The molecule has 2 aromatic rings. The largest absolute Gasteiger partial charge is 0.493 e. The van der Waals surface area contributed by atoms with Crippen molar-refractivity contribution in [3.05, 3.63) is 59.2 Å². The Balaban J connectivity index is 1.38. The van der Waals surface area contributed by atoms with E-state index in [0.29, 0.717) is 41.9 Å². The van der Waals surface area contributed by atoms with Crippen LogP contribution in [-0.4, -0.2) is 26.2 Å². The number of methoxy groups -OCH3 is 2. The molecule has 2 aliphatic rings. The average Bonchev–Trinajstić information content (AvgIpc) is 3.15. The molecule has 3 atom stereocenters. The highest BCUT2D eigenvalue weighted by Gasteiger charge is 2.55. The third kappa shape index (κ3) is 2.90. The van der Waals surface area contributed by atoms with E-state index in [2.05, 4.69) is 34.6 Å². The topological polar surface area (TPSA) is 68.9 Å². The minimum atomic E-state index is 0.420. The summed E-state index contributed by atoms with van der Waals surface area (Å²) in [5, 5.41) is 3.39. The molecule has 0 aliphatic heterocycles. The highest BCUT2D eigenvalue weighted by Crippen LogP contribution is 2.56. The minimum Gasteiger partial charge on any atom is -0.493 e. The van der Waals surface area contributed by atoms with E-state index in [-0.39, 0.29) is 0 Å². The standard InChI is InChI=1S/C20H23N3O2/c1-24-16-8-7-12(9-17(16)25-2)11-22-20(21)23-19-15-10-13-5-3-4-6-14(13)18(15)19/h3-9,15,18-19H,10-11H2,1-2H3,(H3,21,22,23). The molecule has 3 unspecified atom stereocenters. The van der Waals surface area contributed by atoms with Gasteiger partial charge in [0.25, 0.3) is 0 Å². The van der Waals surface area contributed by atoms with Crippen LogP contribution in [0.2, 0.25) is 0 Å². The van der Waals surface area contributed by atoms with Gasteiger partial charge in [0.15, 0.2) is 17.5 Å². The summed E-state index contributed by atoms with van der Waals surface area (Å²) in [6.07, 6.45) is 1.14. The number of rotatable bonds is 5. The van der Waals surface area contributed by atoms with Crippen molar-refractivity contribution in [2.24, 2.45) is 16.6 Å². The number of ether oxygens (including phenoxy) is 2. The van der Waals surface area contributed by atoms with Crippen LogP contribution in [0, 0.1) is 5.92 Å². The van der Waals surface area contributed by atoms with Crippen molar-refractivity contribution in [3.8, 4) is 11.5 Å². The number of nitrogens with zero attached hydrogens (tertiary/aromatic N) is 1. The molecule has 2 aliphatic carbocycles. The number of nitrogens with one attached hydrogen (secondary N) is 1. The molecule has 3 N–H and O–H groups in total. The molecule has 0 saturated heterocycles.